The van der Waals surface area contributed by atoms with Crippen molar-refractivity contribution in [1.29, 1.82) is 0 Å². The Hall–Kier alpha value is -0.0800. The van der Waals surface area contributed by atoms with E-state index in [0.717, 1.165) is 17.9 Å². The molecule has 1 heterocycles. The summed E-state index contributed by atoms with van der Waals surface area (Å²) in [5, 5.41) is 7.06. The van der Waals surface area contributed by atoms with Gasteiger partial charge in [-0.3, -0.25) is 0 Å². The summed E-state index contributed by atoms with van der Waals surface area (Å²) in [6.07, 6.45) is 11.6. The topological polar surface area (TPSA) is 24.1 Å². The number of rotatable bonds is 4. The van der Waals surface area contributed by atoms with Crippen LogP contribution >= 0.6 is 0 Å². The third-order valence-corrected chi connectivity index (χ3v) is 4.64. The molecule has 94 valence electrons. The smallest absolute Gasteiger partial charge is 0.00949 e. The van der Waals surface area contributed by atoms with Gasteiger partial charge in [0.25, 0.3) is 0 Å². The van der Waals surface area contributed by atoms with Gasteiger partial charge < -0.3 is 10.6 Å². The summed E-state index contributed by atoms with van der Waals surface area (Å²) in [7, 11) is 2.17. The lowest BCUT2D eigenvalue weighted by Gasteiger charge is -2.34. The van der Waals surface area contributed by atoms with Crippen molar-refractivity contribution in [3.05, 3.63) is 0 Å². The average molecular weight is 224 g/mol. The Bertz CT molecular complexity index is 181. The molecule has 1 saturated heterocycles. The zero-order chi connectivity index (χ0) is 11.2. The van der Waals surface area contributed by atoms with E-state index in [0.29, 0.717) is 0 Å². The van der Waals surface area contributed by atoms with Crippen LogP contribution in [-0.2, 0) is 0 Å². The predicted molar refractivity (Wildman–Crippen MR) is 69.6 cm³/mol. The molecule has 1 unspecified atom stereocenters. The van der Waals surface area contributed by atoms with E-state index < -0.39 is 0 Å². The fourth-order valence-corrected chi connectivity index (χ4v) is 3.56. The molecule has 2 fully saturated rings. The largest absolute Gasteiger partial charge is 0.317 e. The van der Waals surface area contributed by atoms with Gasteiger partial charge in [-0.05, 0) is 64.1 Å². The van der Waals surface area contributed by atoms with E-state index in [4.69, 9.17) is 0 Å². The number of hydrogen-bond acceptors (Lipinski definition) is 2. The second-order valence-corrected chi connectivity index (χ2v) is 5.72. The highest BCUT2D eigenvalue weighted by atomic mass is 14.9. The normalized spacial score (nSPS) is 26.8. The number of hydrogen-bond donors (Lipinski definition) is 2. The molecule has 2 heteroatoms. The quantitative estimate of drug-likeness (QED) is 0.767. The molecule has 2 rings (SSSR count). The Kier molecular flexibility index (Phi) is 5.11. The van der Waals surface area contributed by atoms with E-state index >= 15 is 0 Å². The third-order valence-electron chi connectivity index (χ3n) is 4.64. The van der Waals surface area contributed by atoms with Gasteiger partial charge in [0.2, 0.25) is 0 Å². The summed E-state index contributed by atoms with van der Waals surface area (Å²) in [6, 6.07) is 0.795. The van der Waals surface area contributed by atoms with Crippen molar-refractivity contribution in [3.63, 3.8) is 0 Å². The molecule has 2 nitrogen and oxygen atoms in total. The van der Waals surface area contributed by atoms with E-state index in [2.05, 4.69) is 17.7 Å². The maximum absolute atomic E-state index is 3.60. The predicted octanol–water partition coefficient (Wildman–Crippen LogP) is 2.54. The minimum Gasteiger partial charge on any atom is -0.317 e. The molecule has 0 amide bonds. The molecule has 0 spiro atoms. The lowest BCUT2D eigenvalue weighted by Crippen LogP contribution is -2.38. The van der Waals surface area contributed by atoms with Crippen LogP contribution in [0.1, 0.15) is 51.4 Å². The minimum atomic E-state index is 0.795. The molecule has 1 atom stereocenters. The molecular weight excluding hydrogens is 196 g/mol. The van der Waals surface area contributed by atoms with Crippen LogP contribution in [0.2, 0.25) is 0 Å². The maximum atomic E-state index is 3.60. The standard InChI is InChI=1S/C14H28N2/c1-15-14(13-5-3-2-4-6-13)11-12-7-9-16-10-8-12/h12-16H,2-11H2,1H3. The molecule has 0 aromatic rings. The fourth-order valence-electron chi connectivity index (χ4n) is 3.56. The summed E-state index contributed by atoms with van der Waals surface area (Å²) in [5.74, 6) is 1.94. The van der Waals surface area contributed by atoms with Crippen molar-refractivity contribution < 1.29 is 0 Å². The molecule has 2 aliphatic rings. The van der Waals surface area contributed by atoms with Crippen molar-refractivity contribution in [1.82, 2.24) is 10.6 Å². The van der Waals surface area contributed by atoms with Crippen LogP contribution < -0.4 is 10.6 Å². The average Bonchev–Trinajstić information content (AvgIpc) is 2.38. The third kappa shape index (κ3) is 3.46. The Morgan fingerprint density at radius 2 is 1.75 bits per heavy atom. The fraction of sp³-hybridized carbons (Fsp3) is 1.00. The highest BCUT2D eigenvalue weighted by molar-refractivity contribution is 4.82. The number of nitrogens with one attached hydrogen (secondary N) is 2. The Balaban J connectivity index is 1.78. The van der Waals surface area contributed by atoms with Crippen LogP contribution in [0.25, 0.3) is 0 Å². The van der Waals surface area contributed by atoms with E-state index in [1.807, 2.05) is 0 Å². The summed E-state index contributed by atoms with van der Waals surface area (Å²) in [5.41, 5.74) is 0. The zero-order valence-corrected chi connectivity index (χ0v) is 10.8. The van der Waals surface area contributed by atoms with Crippen molar-refractivity contribution >= 4 is 0 Å². The molecule has 1 saturated carbocycles. The highest BCUT2D eigenvalue weighted by Crippen LogP contribution is 2.30. The van der Waals surface area contributed by atoms with E-state index in [1.165, 1.54) is 64.5 Å². The van der Waals surface area contributed by atoms with Crippen LogP contribution in [0.15, 0.2) is 0 Å². The molecule has 0 aromatic carbocycles. The first kappa shape index (κ1) is 12.4. The number of piperidine rings is 1. The lowest BCUT2D eigenvalue weighted by molar-refractivity contribution is 0.223. The Morgan fingerprint density at radius 3 is 2.38 bits per heavy atom. The zero-order valence-electron chi connectivity index (χ0n) is 10.8. The van der Waals surface area contributed by atoms with Crippen LogP contribution in [0, 0.1) is 11.8 Å². The van der Waals surface area contributed by atoms with Crippen molar-refractivity contribution in [2.75, 3.05) is 20.1 Å². The molecule has 0 radical (unpaired) electrons. The molecule has 2 N–H and O–H groups in total. The molecule has 16 heavy (non-hydrogen) atoms. The monoisotopic (exact) mass is 224 g/mol. The summed E-state index contributed by atoms with van der Waals surface area (Å²) < 4.78 is 0. The lowest BCUT2D eigenvalue weighted by atomic mass is 9.79. The van der Waals surface area contributed by atoms with Gasteiger partial charge in [-0.15, -0.1) is 0 Å². The van der Waals surface area contributed by atoms with E-state index in [1.54, 1.807) is 0 Å². The van der Waals surface area contributed by atoms with Gasteiger partial charge in [0.1, 0.15) is 0 Å². The summed E-state index contributed by atoms with van der Waals surface area (Å²) in [4.78, 5) is 0. The second kappa shape index (κ2) is 6.61. The maximum Gasteiger partial charge on any atom is 0.00949 e. The molecule has 0 aromatic heterocycles. The summed E-state index contributed by atoms with van der Waals surface area (Å²) >= 11 is 0. The van der Waals surface area contributed by atoms with Crippen molar-refractivity contribution in [2.24, 2.45) is 11.8 Å². The molecule has 1 aliphatic carbocycles. The first-order chi connectivity index (χ1) is 7.90. The van der Waals surface area contributed by atoms with Crippen LogP contribution in [-0.4, -0.2) is 26.2 Å². The second-order valence-electron chi connectivity index (χ2n) is 5.72. The van der Waals surface area contributed by atoms with Gasteiger partial charge in [-0.1, -0.05) is 19.3 Å². The Morgan fingerprint density at radius 1 is 1.06 bits per heavy atom. The first-order valence-electron chi connectivity index (χ1n) is 7.28. The van der Waals surface area contributed by atoms with Gasteiger partial charge in [-0.25, -0.2) is 0 Å². The van der Waals surface area contributed by atoms with Crippen molar-refractivity contribution in [3.8, 4) is 0 Å². The van der Waals surface area contributed by atoms with E-state index in [-0.39, 0.29) is 0 Å². The summed E-state index contributed by atoms with van der Waals surface area (Å²) in [6.45, 7) is 2.48. The van der Waals surface area contributed by atoms with Crippen molar-refractivity contribution in [2.45, 2.75) is 57.4 Å². The van der Waals surface area contributed by atoms with Crippen LogP contribution in [0.3, 0.4) is 0 Å². The molecule has 1 aliphatic heterocycles. The van der Waals surface area contributed by atoms with E-state index in [9.17, 15) is 0 Å². The molecule has 0 bridgehead atoms. The van der Waals surface area contributed by atoms with Gasteiger partial charge in [0.05, 0.1) is 0 Å². The van der Waals surface area contributed by atoms with Gasteiger partial charge in [0, 0.05) is 6.04 Å². The SMILES string of the molecule is CNC(CC1CCNCC1)C1CCCCC1. The highest BCUT2D eigenvalue weighted by Gasteiger charge is 2.25. The van der Waals surface area contributed by atoms with Gasteiger partial charge in [0.15, 0.2) is 0 Å². The Labute approximate surface area is 101 Å². The minimum absolute atomic E-state index is 0.795. The van der Waals surface area contributed by atoms with Crippen LogP contribution in [0.4, 0.5) is 0 Å². The first-order valence-corrected chi connectivity index (χ1v) is 7.28. The van der Waals surface area contributed by atoms with Gasteiger partial charge >= 0.3 is 0 Å². The molecular formula is C14H28N2. The van der Waals surface area contributed by atoms with Gasteiger partial charge in [-0.2, -0.15) is 0 Å². The van der Waals surface area contributed by atoms with Crippen LogP contribution in [0.5, 0.6) is 0 Å².